The van der Waals surface area contributed by atoms with E-state index in [2.05, 4.69) is 15.1 Å². The number of rotatable bonds is 3. The summed E-state index contributed by atoms with van der Waals surface area (Å²) in [4.78, 5) is 32.3. The van der Waals surface area contributed by atoms with E-state index < -0.39 is 11.5 Å². The van der Waals surface area contributed by atoms with Crippen LogP contribution in [0.1, 0.15) is 22.8 Å². The molecule has 2 heterocycles. The molecular weight excluding hydrogens is 284 g/mol. The molecule has 1 N–H and O–H groups in total. The van der Waals surface area contributed by atoms with Crippen LogP contribution in [0.25, 0.3) is 17.2 Å². The van der Waals surface area contributed by atoms with Gasteiger partial charge in [0.2, 0.25) is 0 Å². The van der Waals surface area contributed by atoms with Crippen LogP contribution in [0.3, 0.4) is 0 Å². The summed E-state index contributed by atoms with van der Waals surface area (Å²) < 4.78 is 5.98. The molecule has 0 spiro atoms. The molecule has 3 aromatic rings. The van der Waals surface area contributed by atoms with Crippen molar-refractivity contribution >= 4 is 11.7 Å². The van der Waals surface area contributed by atoms with E-state index in [9.17, 15) is 9.59 Å². The SMILES string of the molecule is CCOC(=O)c1cnc2nc(-c3ccc(C)cc3)[nH]n2c1=O. The van der Waals surface area contributed by atoms with Crippen LogP contribution in [-0.4, -0.2) is 32.2 Å². The zero-order valence-corrected chi connectivity index (χ0v) is 12.2. The first-order valence-corrected chi connectivity index (χ1v) is 6.82. The fourth-order valence-electron chi connectivity index (χ4n) is 2.05. The van der Waals surface area contributed by atoms with Gasteiger partial charge in [-0.3, -0.25) is 9.89 Å². The number of hydrogen-bond donors (Lipinski definition) is 1. The highest BCUT2D eigenvalue weighted by Crippen LogP contribution is 2.15. The third kappa shape index (κ3) is 2.37. The van der Waals surface area contributed by atoms with Crippen molar-refractivity contribution in [2.45, 2.75) is 13.8 Å². The van der Waals surface area contributed by atoms with Crippen molar-refractivity contribution < 1.29 is 9.53 Å². The van der Waals surface area contributed by atoms with E-state index in [0.29, 0.717) is 5.82 Å². The van der Waals surface area contributed by atoms with Crippen molar-refractivity contribution in [1.82, 2.24) is 19.6 Å². The molecule has 0 fully saturated rings. The minimum Gasteiger partial charge on any atom is -0.462 e. The molecule has 0 saturated heterocycles. The molecule has 7 heteroatoms. The molecule has 22 heavy (non-hydrogen) atoms. The normalized spacial score (nSPS) is 10.8. The number of hydrogen-bond acceptors (Lipinski definition) is 5. The lowest BCUT2D eigenvalue weighted by atomic mass is 10.1. The molecule has 0 radical (unpaired) electrons. The maximum absolute atomic E-state index is 12.3. The zero-order chi connectivity index (χ0) is 15.7. The van der Waals surface area contributed by atoms with Crippen LogP contribution < -0.4 is 5.56 Å². The molecule has 0 atom stereocenters. The van der Waals surface area contributed by atoms with Gasteiger partial charge >= 0.3 is 5.97 Å². The van der Waals surface area contributed by atoms with Crippen molar-refractivity contribution in [2.24, 2.45) is 0 Å². The number of aryl methyl sites for hydroxylation is 1. The van der Waals surface area contributed by atoms with Crippen LogP contribution in [0.5, 0.6) is 0 Å². The van der Waals surface area contributed by atoms with Crippen LogP contribution in [-0.2, 0) is 4.74 Å². The molecule has 0 saturated carbocycles. The number of fused-ring (bicyclic) bond motifs is 1. The van der Waals surface area contributed by atoms with E-state index in [4.69, 9.17) is 4.74 Å². The summed E-state index contributed by atoms with van der Waals surface area (Å²) in [5.74, 6) is 0.0140. The largest absolute Gasteiger partial charge is 0.462 e. The number of aromatic amines is 1. The number of aromatic nitrogens is 4. The second-order valence-electron chi connectivity index (χ2n) is 4.77. The Balaban J connectivity index is 2.10. The summed E-state index contributed by atoms with van der Waals surface area (Å²) >= 11 is 0. The number of nitrogens with one attached hydrogen (secondary N) is 1. The minimum atomic E-state index is -0.694. The number of benzene rings is 1. The van der Waals surface area contributed by atoms with Gasteiger partial charge in [-0.15, -0.1) is 0 Å². The van der Waals surface area contributed by atoms with E-state index in [1.165, 1.54) is 6.20 Å². The van der Waals surface area contributed by atoms with Gasteiger partial charge in [-0.2, -0.15) is 9.50 Å². The first-order chi connectivity index (χ1) is 10.6. The average Bonchev–Trinajstić information content (AvgIpc) is 2.93. The summed E-state index contributed by atoms with van der Waals surface area (Å²) in [5.41, 5.74) is 1.29. The lowest BCUT2D eigenvalue weighted by molar-refractivity contribution is 0.0523. The molecular formula is C15H14N4O3. The van der Waals surface area contributed by atoms with Gasteiger partial charge in [0.1, 0.15) is 5.56 Å². The zero-order valence-electron chi connectivity index (χ0n) is 12.2. The van der Waals surface area contributed by atoms with Gasteiger partial charge in [0.15, 0.2) is 5.82 Å². The highest BCUT2D eigenvalue weighted by molar-refractivity contribution is 5.88. The van der Waals surface area contributed by atoms with Gasteiger partial charge in [0.05, 0.1) is 12.8 Å². The monoisotopic (exact) mass is 298 g/mol. The second-order valence-corrected chi connectivity index (χ2v) is 4.77. The van der Waals surface area contributed by atoms with Crippen molar-refractivity contribution in [1.29, 1.82) is 0 Å². The lowest BCUT2D eigenvalue weighted by Crippen LogP contribution is -2.24. The minimum absolute atomic E-state index is 0.126. The Hall–Kier alpha value is -2.96. The van der Waals surface area contributed by atoms with Gasteiger partial charge in [0.25, 0.3) is 11.3 Å². The average molecular weight is 298 g/mol. The van der Waals surface area contributed by atoms with Crippen LogP contribution in [0.4, 0.5) is 0 Å². The number of esters is 1. The highest BCUT2D eigenvalue weighted by Gasteiger charge is 2.16. The second kappa shape index (κ2) is 5.44. The Kier molecular flexibility index (Phi) is 3.46. The van der Waals surface area contributed by atoms with Crippen LogP contribution in [0.15, 0.2) is 35.3 Å². The fraction of sp³-hybridized carbons (Fsp3) is 0.200. The molecule has 2 aromatic heterocycles. The number of carbonyl (C=O) groups excluding carboxylic acids is 1. The number of H-pyrrole nitrogens is 1. The van der Waals surface area contributed by atoms with Crippen LogP contribution >= 0.6 is 0 Å². The lowest BCUT2D eigenvalue weighted by Gasteiger charge is -2.00. The van der Waals surface area contributed by atoms with Gasteiger partial charge in [-0.05, 0) is 13.8 Å². The van der Waals surface area contributed by atoms with Crippen molar-refractivity contribution in [3.05, 3.63) is 51.9 Å². The standard InChI is InChI=1S/C15H14N4O3/c1-3-22-14(21)11-8-16-15-17-12(18-19(15)13(11)20)10-6-4-9(2)5-7-10/h4-8H,3H2,1-2H3,(H,16,17,18). The Morgan fingerprint density at radius 1 is 1.32 bits per heavy atom. The first kappa shape index (κ1) is 14.0. The smallest absolute Gasteiger partial charge is 0.345 e. The summed E-state index contributed by atoms with van der Waals surface area (Å²) in [7, 11) is 0. The number of nitrogens with zero attached hydrogens (tertiary/aromatic N) is 3. The third-order valence-corrected chi connectivity index (χ3v) is 3.19. The molecule has 0 aliphatic rings. The van der Waals surface area contributed by atoms with Gasteiger partial charge < -0.3 is 4.74 Å². The molecule has 7 nitrogen and oxygen atoms in total. The van der Waals surface area contributed by atoms with Crippen molar-refractivity contribution in [3.8, 4) is 11.4 Å². The van der Waals surface area contributed by atoms with Crippen molar-refractivity contribution in [2.75, 3.05) is 6.61 Å². The number of ether oxygens (including phenoxy) is 1. The van der Waals surface area contributed by atoms with E-state index in [1.807, 2.05) is 31.2 Å². The predicted molar refractivity (Wildman–Crippen MR) is 79.7 cm³/mol. The molecule has 0 aliphatic heterocycles. The number of carbonyl (C=O) groups is 1. The van der Waals surface area contributed by atoms with E-state index in [0.717, 1.165) is 15.6 Å². The quantitative estimate of drug-likeness (QED) is 0.741. The molecule has 0 bridgehead atoms. The van der Waals surface area contributed by atoms with E-state index in [-0.39, 0.29) is 17.9 Å². The predicted octanol–water partition coefficient (Wildman–Crippen LogP) is 1.57. The Morgan fingerprint density at radius 2 is 2.05 bits per heavy atom. The van der Waals surface area contributed by atoms with Gasteiger partial charge in [0, 0.05) is 5.56 Å². The molecule has 112 valence electrons. The van der Waals surface area contributed by atoms with E-state index >= 15 is 0 Å². The molecule has 0 aliphatic carbocycles. The van der Waals surface area contributed by atoms with Gasteiger partial charge in [-0.1, -0.05) is 29.8 Å². The summed E-state index contributed by atoms with van der Waals surface area (Å²) in [6.07, 6.45) is 1.19. The van der Waals surface area contributed by atoms with Crippen LogP contribution in [0.2, 0.25) is 0 Å². The Labute approximate surface area is 125 Å². The maximum atomic E-state index is 12.3. The summed E-state index contributed by atoms with van der Waals surface area (Å²) in [6, 6.07) is 7.68. The molecule has 1 aromatic carbocycles. The van der Waals surface area contributed by atoms with E-state index in [1.54, 1.807) is 6.92 Å². The maximum Gasteiger partial charge on any atom is 0.345 e. The van der Waals surface area contributed by atoms with Crippen LogP contribution in [0, 0.1) is 6.92 Å². The Bertz CT molecular complexity index is 893. The summed E-state index contributed by atoms with van der Waals surface area (Å²) in [6.45, 7) is 3.85. The van der Waals surface area contributed by atoms with Crippen molar-refractivity contribution in [3.63, 3.8) is 0 Å². The topological polar surface area (TPSA) is 89.3 Å². The third-order valence-electron chi connectivity index (χ3n) is 3.19. The molecule has 0 amide bonds. The Morgan fingerprint density at radius 3 is 2.73 bits per heavy atom. The van der Waals surface area contributed by atoms with Gasteiger partial charge in [-0.25, -0.2) is 9.78 Å². The fourth-order valence-corrected chi connectivity index (χ4v) is 2.05. The first-order valence-electron chi connectivity index (χ1n) is 6.82. The molecule has 0 unspecified atom stereocenters. The summed E-state index contributed by atoms with van der Waals surface area (Å²) in [5, 5.41) is 2.86. The molecule has 3 rings (SSSR count). The highest BCUT2D eigenvalue weighted by atomic mass is 16.5.